The smallest absolute Gasteiger partial charge is 0.360 e. The molecule has 5 heteroatoms. The van der Waals surface area contributed by atoms with Crippen LogP contribution in [0.5, 0.6) is 0 Å². The van der Waals surface area contributed by atoms with Gasteiger partial charge in [-0.25, -0.2) is 4.79 Å². The molecule has 18 heavy (non-hydrogen) atoms. The second-order valence-electron chi connectivity index (χ2n) is 4.17. The van der Waals surface area contributed by atoms with E-state index in [1.165, 1.54) is 0 Å². The van der Waals surface area contributed by atoms with Crippen molar-refractivity contribution in [1.29, 1.82) is 0 Å². The Labute approximate surface area is 104 Å². The van der Waals surface area contributed by atoms with Crippen LogP contribution in [0, 0.1) is 6.92 Å². The zero-order valence-electron chi connectivity index (χ0n) is 9.99. The first kappa shape index (κ1) is 10.8. The molecule has 0 bridgehead atoms. The van der Waals surface area contributed by atoms with E-state index in [2.05, 4.69) is 15.6 Å². The highest BCUT2D eigenvalue weighted by molar-refractivity contribution is 5.97. The van der Waals surface area contributed by atoms with Crippen molar-refractivity contribution >= 4 is 22.6 Å². The number of para-hydroxylation sites is 1. The van der Waals surface area contributed by atoms with Crippen LogP contribution in [-0.4, -0.2) is 19.0 Å². The van der Waals surface area contributed by atoms with Gasteiger partial charge < -0.3 is 15.1 Å². The van der Waals surface area contributed by atoms with Gasteiger partial charge in [0.1, 0.15) is 11.3 Å². The number of hydrogen-bond donors (Lipinski definition) is 2. The molecule has 0 spiro atoms. The summed E-state index contributed by atoms with van der Waals surface area (Å²) in [6.07, 6.45) is 0. The van der Waals surface area contributed by atoms with Gasteiger partial charge in [0.05, 0.1) is 6.54 Å². The Morgan fingerprint density at radius 1 is 1.39 bits per heavy atom. The predicted molar refractivity (Wildman–Crippen MR) is 71.1 cm³/mol. The third kappa shape index (κ3) is 1.73. The monoisotopic (exact) mass is 243 g/mol. The summed E-state index contributed by atoms with van der Waals surface area (Å²) >= 11 is 0. The largest absolute Gasteiger partial charge is 0.421 e. The third-order valence-corrected chi connectivity index (χ3v) is 2.99. The first-order valence-electron chi connectivity index (χ1n) is 5.83. The summed E-state index contributed by atoms with van der Waals surface area (Å²) in [5.74, 6) is 0.626. The zero-order chi connectivity index (χ0) is 12.5. The van der Waals surface area contributed by atoms with E-state index in [1.807, 2.05) is 25.1 Å². The van der Waals surface area contributed by atoms with E-state index >= 15 is 0 Å². The molecule has 1 aromatic carbocycles. The van der Waals surface area contributed by atoms with Crippen LogP contribution in [0.4, 0.5) is 5.69 Å². The lowest BCUT2D eigenvalue weighted by Crippen LogP contribution is -2.29. The van der Waals surface area contributed by atoms with E-state index in [1.54, 1.807) is 6.07 Å². The quantitative estimate of drug-likeness (QED) is 0.744. The molecular weight excluding hydrogens is 230 g/mol. The van der Waals surface area contributed by atoms with Crippen molar-refractivity contribution < 1.29 is 4.42 Å². The Hall–Kier alpha value is -2.30. The van der Waals surface area contributed by atoms with Crippen LogP contribution in [0.3, 0.4) is 0 Å². The Kier molecular flexibility index (Phi) is 2.51. The van der Waals surface area contributed by atoms with Gasteiger partial charge in [0.2, 0.25) is 0 Å². The van der Waals surface area contributed by atoms with Gasteiger partial charge in [0.25, 0.3) is 0 Å². The molecule has 0 fully saturated rings. The van der Waals surface area contributed by atoms with E-state index in [-0.39, 0.29) is 5.63 Å². The number of fused-ring (bicyclic) bond motifs is 1. The van der Waals surface area contributed by atoms with Crippen LogP contribution in [-0.2, 0) is 0 Å². The van der Waals surface area contributed by atoms with Gasteiger partial charge in [-0.2, -0.15) is 0 Å². The second kappa shape index (κ2) is 4.18. The molecule has 2 heterocycles. The maximum atomic E-state index is 11.9. The Bertz CT molecular complexity index is 688. The molecule has 0 amide bonds. The molecule has 2 N–H and O–H groups in total. The van der Waals surface area contributed by atoms with Crippen LogP contribution in [0.1, 0.15) is 5.56 Å². The van der Waals surface area contributed by atoms with Gasteiger partial charge in [-0.3, -0.25) is 4.99 Å². The molecule has 0 radical (unpaired) electrons. The Balaban J connectivity index is 2.13. The van der Waals surface area contributed by atoms with Crippen molar-refractivity contribution in [2.45, 2.75) is 6.92 Å². The minimum absolute atomic E-state index is 0.373. The second-order valence-corrected chi connectivity index (χ2v) is 4.17. The first-order chi connectivity index (χ1) is 8.75. The summed E-state index contributed by atoms with van der Waals surface area (Å²) in [6, 6.07) is 7.49. The number of rotatable bonds is 1. The number of aryl methyl sites for hydroxylation is 1. The van der Waals surface area contributed by atoms with Crippen LogP contribution in [0.2, 0.25) is 0 Å². The van der Waals surface area contributed by atoms with Crippen molar-refractivity contribution in [1.82, 2.24) is 5.32 Å². The molecule has 1 aromatic heterocycles. The Morgan fingerprint density at radius 3 is 3.00 bits per heavy atom. The van der Waals surface area contributed by atoms with E-state index in [4.69, 9.17) is 4.42 Å². The molecule has 1 aliphatic heterocycles. The summed E-state index contributed by atoms with van der Waals surface area (Å²) in [5.41, 5.74) is 1.55. The van der Waals surface area contributed by atoms with Gasteiger partial charge in [0, 0.05) is 11.9 Å². The molecule has 0 aliphatic carbocycles. The molecule has 1 aliphatic rings. The van der Waals surface area contributed by atoms with Crippen LogP contribution >= 0.6 is 0 Å². The summed E-state index contributed by atoms with van der Waals surface area (Å²) < 4.78 is 5.28. The number of aliphatic imine (C=N–C) groups is 1. The zero-order valence-corrected chi connectivity index (χ0v) is 9.99. The highest BCUT2D eigenvalue weighted by Gasteiger charge is 2.13. The lowest BCUT2D eigenvalue weighted by atomic mass is 10.1. The summed E-state index contributed by atoms with van der Waals surface area (Å²) in [4.78, 5) is 16.1. The number of hydrogen-bond acceptors (Lipinski definition) is 5. The van der Waals surface area contributed by atoms with Gasteiger partial charge in [-0.05, 0) is 18.6 Å². The molecule has 3 rings (SSSR count). The van der Waals surface area contributed by atoms with Crippen molar-refractivity contribution in [2.75, 3.05) is 18.4 Å². The number of nitrogens with one attached hydrogen (secondary N) is 2. The fraction of sp³-hybridized carbons (Fsp3) is 0.231. The molecule has 0 atom stereocenters. The fourth-order valence-electron chi connectivity index (χ4n) is 2.05. The average molecular weight is 243 g/mol. The minimum Gasteiger partial charge on any atom is -0.421 e. The number of nitrogens with zero attached hydrogens (tertiary/aromatic N) is 1. The van der Waals surface area contributed by atoms with E-state index in [0.717, 1.165) is 24.0 Å². The molecule has 92 valence electrons. The van der Waals surface area contributed by atoms with Crippen molar-refractivity contribution in [3.8, 4) is 0 Å². The average Bonchev–Trinajstić information content (AvgIpc) is 2.87. The molecule has 0 saturated carbocycles. The maximum absolute atomic E-state index is 11.9. The molecular formula is C13H13N3O2. The summed E-state index contributed by atoms with van der Waals surface area (Å²) in [6.45, 7) is 3.41. The summed E-state index contributed by atoms with van der Waals surface area (Å²) in [7, 11) is 0. The first-order valence-corrected chi connectivity index (χ1v) is 5.83. The number of guanidine groups is 1. The SMILES string of the molecule is Cc1c(NC2=NCCN2)c(=O)oc2ccccc12. The van der Waals surface area contributed by atoms with Gasteiger partial charge in [-0.15, -0.1) is 0 Å². The lowest BCUT2D eigenvalue weighted by Gasteiger charge is -2.09. The molecule has 5 nitrogen and oxygen atoms in total. The Morgan fingerprint density at radius 2 is 2.22 bits per heavy atom. The van der Waals surface area contributed by atoms with Crippen LogP contribution in [0.15, 0.2) is 38.5 Å². The standard InChI is InChI=1S/C13H13N3O2/c1-8-9-4-2-3-5-10(9)18-12(17)11(8)16-13-14-6-7-15-13/h2-5H,6-7H2,1H3,(H2,14,15,16). The minimum atomic E-state index is -0.373. The van der Waals surface area contributed by atoms with Crippen molar-refractivity contribution in [3.05, 3.63) is 40.2 Å². The van der Waals surface area contributed by atoms with Gasteiger partial charge in [0.15, 0.2) is 5.96 Å². The van der Waals surface area contributed by atoms with E-state index in [0.29, 0.717) is 17.2 Å². The fourth-order valence-corrected chi connectivity index (χ4v) is 2.05. The topological polar surface area (TPSA) is 66.6 Å². The molecule has 0 unspecified atom stereocenters. The van der Waals surface area contributed by atoms with Crippen molar-refractivity contribution in [3.63, 3.8) is 0 Å². The highest BCUT2D eigenvalue weighted by atomic mass is 16.4. The normalized spacial score (nSPS) is 14.4. The summed E-state index contributed by atoms with van der Waals surface area (Å²) in [5, 5.41) is 7.00. The highest BCUT2D eigenvalue weighted by Crippen LogP contribution is 2.21. The predicted octanol–water partition coefficient (Wildman–Crippen LogP) is 1.47. The van der Waals surface area contributed by atoms with E-state index < -0.39 is 0 Å². The van der Waals surface area contributed by atoms with Crippen LogP contribution < -0.4 is 16.3 Å². The van der Waals surface area contributed by atoms with Crippen molar-refractivity contribution in [2.24, 2.45) is 4.99 Å². The number of benzene rings is 1. The molecule has 2 aromatic rings. The van der Waals surface area contributed by atoms with Gasteiger partial charge in [-0.1, -0.05) is 18.2 Å². The maximum Gasteiger partial charge on any atom is 0.360 e. The lowest BCUT2D eigenvalue weighted by molar-refractivity contribution is 0.563. The molecule has 0 saturated heterocycles. The van der Waals surface area contributed by atoms with Crippen LogP contribution in [0.25, 0.3) is 11.0 Å². The van der Waals surface area contributed by atoms with E-state index in [9.17, 15) is 4.79 Å². The van der Waals surface area contributed by atoms with Gasteiger partial charge >= 0.3 is 5.63 Å². The third-order valence-electron chi connectivity index (χ3n) is 2.99. The number of anilines is 1.